The van der Waals surface area contributed by atoms with Crippen LogP contribution in [0, 0.1) is 11.8 Å². The van der Waals surface area contributed by atoms with Crippen molar-refractivity contribution in [2.45, 2.75) is 52.1 Å². The van der Waals surface area contributed by atoms with Gasteiger partial charge in [-0.05, 0) is 54.7 Å². The quantitative estimate of drug-likeness (QED) is 0.709. The third kappa shape index (κ3) is 4.43. The number of carbonyl (C=O) groups excluding carboxylic acids is 2. The number of hydrogen-bond acceptors (Lipinski definition) is 2. The fraction of sp³-hybridized carbons (Fsp3) is 0.462. The van der Waals surface area contributed by atoms with Crippen molar-refractivity contribution < 1.29 is 9.59 Å². The Bertz CT molecular complexity index is 885. The highest BCUT2D eigenvalue weighted by Gasteiger charge is 2.39. The van der Waals surface area contributed by atoms with E-state index >= 15 is 0 Å². The molecule has 0 radical (unpaired) electrons. The van der Waals surface area contributed by atoms with E-state index in [4.69, 9.17) is 0 Å². The molecule has 2 aliphatic rings. The number of amides is 2. The average Bonchev–Trinajstić information content (AvgIpc) is 3.09. The van der Waals surface area contributed by atoms with Crippen LogP contribution in [0.2, 0.25) is 0 Å². The second-order valence-electron chi connectivity index (χ2n) is 9.19. The number of piperidine rings is 1. The normalized spacial score (nSPS) is 18.0. The standard InChI is InChI=1S/C26H32N2O2/c1-19(2)16-24(28-18-22-10-6-7-11-23(22)25(28)29)26(30)27-14-12-21(13-15-27)17-20-8-4-3-5-9-20/h3-11,19,21,24H,12-18H2,1-2H3/t24-/m0/s1. The van der Waals surface area contributed by atoms with Crippen LogP contribution in [-0.2, 0) is 17.8 Å². The van der Waals surface area contributed by atoms with Gasteiger partial charge in [0.25, 0.3) is 5.91 Å². The molecule has 2 aliphatic heterocycles. The van der Waals surface area contributed by atoms with Crippen LogP contribution < -0.4 is 0 Å². The first-order chi connectivity index (χ1) is 14.5. The minimum Gasteiger partial charge on any atom is -0.341 e. The summed E-state index contributed by atoms with van der Waals surface area (Å²) >= 11 is 0. The van der Waals surface area contributed by atoms with Gasteiger partial charge in [-0.3, -0.25) is 9.59 Å². The molecule has 2 aromatic rings. The van der Waals surface area contributed by atoms with Gasteiger partial charge in [0.1, 0.15) is 6.04 Å². The highest BCUT2D eigenvalue weighted by molar-refractivity contribution is 6.01. The molecule has 2 aromatic carbocycles. The summed E-state index contributed by atoms with van der Waals surface area (Å²) < 4.78 is 0. The van der Waals surface area contributed by atoms with Crippen LogP contribution in [0.15, 0.2) is 54.6 Å². The van der Waals surface area contributed by atoms with Crippen LogP contribution in [0.4, 0.5) is 0 Å². The maximum Gasteiger partial charge on any atom is 0.255 e. The maximum atomic E-state index is 13.5. The molecule has 1 saturated heterocycles. The van der Waals surface area contributed by atoms with Gasteiger partial charge < -0.3 is 9.80 Å². The summed E-state index contributed by atoms with van der Waals surface area (Å²) in [6.45, 7) is 6.38. The van der Waals surface area contributed by atoms with E-state index in [2.05, 4.69) is 44.2 Å². The topological polar surface area (TPSA) is 40.6 Å². The van der Waals surface area contributed by atoms with Gasteiger partial charge in [0.15, 0.2) is 0 Å². The minimum absolute atomic E-state index is 0.00330. The summed E-state index contributed by atoms with van der Waals surface area (Å²) in [5.74, 6) is 1.11. The van der Waals surface area contributed by atoms with Crippen molar-refractivity contribution in [3.63, 3.8) is 0 Å². The highest BCUT2D eigenvalue weighted by Crippen LogP contribution is 2.29. The van der Waals surface area contributed by atoms with E-state index in [9.17, 15) is 9.59 Å². The Morgan fingerprint density at radius 2 is 1.67 bits per heavy atom. The second kappa shape index (κ2) is 9.03. The van der Waals surface area contributed by atoms with E-state index in [-0.39, 0.29) is 17.9 Å². The van der Waals surface area contributed by atoms with Gasteiger partial charge in [0.05, 0.1) is 0 Å². The Morgan fingerprint density at radius 3 is 2.33 bits per heavy atom. The number of carbonyl (C=O) groups is 2. The zero-order chi connectivity index (χ0) is 21.1. The largest absolute Gasteiger partial charge is 0.341 e. The van der Waals surface area contributed by atoms with Crippen molar-refractivity contribution in [3.8, 4) is 0 Å². The molecule has 0 N–H and O–H groups in total. The van der Waals surface area contributed by atoms with Crippen LogP contribution >= 0.6 is 0 Å². The van der Waals surface area contributed by atoms with Gasteiger partial charge in [0, 0.05) is 25.2 Å². The Hall–Kier alpha value is -2.62. The first-order valence-corrected chi connectivity index (χ1v) is 11.2. The summed E-state index contributed by atoms with van der Waals surface area (Å²) in [5, 5.41) is 0. The number of fused-ring (bicyclic) bond motifs is 1. The van der Waals surface area contributed by atoms with Crippen molar-refractivity contribution in [2.75, 3.05) is 13.1 Å². The van der Waals surface area contributed by atoms with Crippen LogP contribution in [0.1, 0.15) is 54.6 Å². The molecule has 0 saturated carbocycles. The number of nitrogens with zero attached hydrogens (tertiary/aromatic N) is 2. The van der Waals surface area contributed by atoms with E-state index in [1.165, 1.54) is 5.56 Å². The van der Waals surface area contributed by atoms with Crippen LogP contribution in [0.25, 0.3) is 0 Å². The molecule has 0 aliphatic carbocycles. The average molecular weight is 405 g/mol. The molecule has 0 bridgehead atoms. The smallest absolute Gasteiger partial charge is 0.255 e. The summed E-state index contributed by atoms with van der Waals surface area (Å²) in [6, 6.07) is 18.0. The molecule has 0 aromatic heterocycles. The number of benzene rings is 2. The highest BCUT2D eigenvalue weighted by atomic mass is 16.2. The van der Waals surface area contributed by atoms with Gasteiger partial charge in [-0.2, -0.15) is 0 Å². The molecule has 158 valence electrons. The summed E-state index contributed by atoms with van der Waals surface area (Å²) in [5.41, 5.74) is 3.16. The lowest BCUT2D eigenvalue weighted by Gasteiger charge is -2.37. The molecule has 2 amide bonds. The molecule has 1 atom stereocenters. The fourth-order valence-electron chi connectivity index (χ4n) is 4.85. The Kier molecular flexibility index (Phi) is 6.21. The molecule has 30 heavy (non-hydrogen) atoms. The molecular weight excluding hydrogens is 372 g/mol. The lowest BCUT2D eigenvalue weighted by molar-refractivity contribution is -0.138. The van der Waals surface area contributed by atoms with E-state index in [1.54, 1.807) is 0 Å². The SMILES string of the molecule is CC(C)C[C@@H](C(=O)N1CCC(Cc2ccccc2)CC1)N1Cc2ccccc2C1=O. The Balaban J connectivity index is 1.42. The van der Waals surface area contributed by atoms with Gasteiger partial charge in [-0.15, -0.1) is 0 Å². The lowest BCUT2D eigenvalue weighted by Crippen LogP contribution is -2.51. The molecule has 2 heterocycles. The molecule has 4 nitrogen and oxygen atoms in total. The van der Waals surface area contributed by atoms with E-state index in [1.807, 2.05) is 34.1 Å². The zero-order valence-electron chi connectivity index (χ0n) is 18.1. The monoisotopic (exact) mass is 404 g/mol. The molecule has 0 spiro atoms. The molecular formula is C26H32N2O2. The minimum atomic E-state index is -0.365. The van der Waals surface area contributed by atoms with Gasteiger partial charge in [0.2, 0.25) is 5.91 Å². The summed E-state index contributed by atoms with van der Waals surface area (Å²) in [6.07, 6.45) is 3.85. The summed E-state index contributed by atoms with van der Waals surface area (Å²) in [7, 11) is 0. The second-order valence-corrected chi connectivity index (χ2v) is 9.19. The van der Waals surface area contributed by atoms with Gasteiger partial charge >= 0.3 is 0 Å². The van der Waals surface area contributed by atoms with Crippen molar-refractivity contribution in [1.82, 2.24) is 9.80 Å². The predicted molar refractivity (Wildman–Crippen MR) is 119 cm³/mol. The third-order valence-corrected chi connectivity index (χ3v) is 6.50. The van der Waals surface area contributed by atoms with Gasteiger partial charge in [-0.25, -0.2) is 0 Å². The first kappa shape index (κ1) is 20.6. The van der Waals surface area contributed by atoms with E-state index in [0.29, 0.717) is 24.8 Å². The number of hydrogen-bond donors (Lipinski definition) is 0. The predicted octanol–water partition coefficient (Wildman–Crippen LogP) is 4.54. The zero-order valence-corrected chi connectivity index (χ0v) is 18.1. The van der Waals surface area contributed by atoms with Crippen LogP contribution in [0.5, 0.6) is 0 Å². The molecule has 4 heteroatoms. The van der Waals surface area contributed by atoms with Crippen molar-refractivity contribution in [3.05, 3.63) is 71.3 Å². The Labute approximate surface area is 179 Å². The lowest BCUT2D eigenvalue weighted by atomic mass is 9.89. The first-order valence-electron chi connectivity index (χ1n) is 11.2. The molecule has 0 unspecified atom stereocenters. The fourth-order valence-corrected chi connectivity index (χ4v) is 4.85. The van der Waals surface area contributed by atoms with E-state index in [0.717, 1.165) is 43.5 Å². The number of rotatable bonds is 6. The molecule has 4 rings (SSSR count). The van der Waals surface area contributed by atoms with E-state index < -0.39 is 0 Å². The third-order valence-electron chi connectivity index (χ3n) is 6.50. The maximum absolute atomic E-state index is 13.5. The molecule has 1 fully saturated rings. The van der Waals surface area contributed by atoms with Crippen LogP contribution in [0.3, 0.4) is 0 Å². The number of likely N-dealkylation sites (tertiary alicyclic amines) is 1. The van der Waals surface area contributed by atoms with Crippen molar-refractivity contribution >= 4 is 11.8 Å². The van der Waals surface area contributed by atoms with Crippen LogP contribution in [-0.4, -0.2) is 40.7 Å². The Morgan fingerprint density at radius 1 is 1.00 bits per heavy atom. The van der Waals surface area contributed by atoms with Crippen molar-refractivity contribution in [2.24, 2.45) is 11.8 Å². The van der Waals surface area contributed by atoms with Gasteiger partial charge in [-0.1, -0.05) is 62.4 Å². The summed E-state index contributed by atoms with van der Waals surface area (Å²) in [4.78, 5) is 30.3. The van der Waals surface area contributed by atoms with Crippen molar-refractivity contribution in [1.29, 1.82) is 0 Å².